The van der Waals surface area contributed by atoms with Gasteiger partial charge in [-0.3, -0.25) is 9.69 Å². The second kappa shape index (κ2) is 7.03. The second-order valence-corrected chi connectivity index (χ2v) is 6.44. The van der Waals surface area contributed by atoms with Crippen molar-refractivity contribution in [3.05, 3.63) is 29.8 Å². The maximum Gasteiger partial charge on any atom is 0.308 e. The number of halogens is 2. The first kappa shape index (κ1) is 17.1. The third-order valence-corrected chi connectivity index (χ3v) is 5.06. The first-order valence-corrected chi connectivity index (χ1v) is 8.19. The summed E-state index contributed by atoms with van der Waals surface area (Å²) >= 11 is 0. The van der Waals surface area contributed by atoms with E-state index < -0.39 is 17.7 Å². The highest BCUT2D eigenvalue weighted by Gasteiger charge is 2.41. The highest BCUT2D eigenvalue weighted by atomic mass is 19.1. The normalized spacial score (nSPS) is 28.2. The van der Waals surface area contributed by atoms with Crippen molar-refractivity contribution in [2.24, 2.45) is 5.92 Å². The Morgan fingerprint density at radius 3 is 2.58 bits per heavy atom. The van der Waals surface area contributed by atoms with Gasteiger partial charge in [-0.25, -0.2) is 8.78 Å². The summed E-state index contributed by atoms with van der Waals surface area (Å²) in [4.78, 5) is 15.6. The van der Waals surface area contributed by atoms with Gasteiger partial charge >= 0.3 is 5.97 Å². The van der Waals surface area contributed by atoms with Gasteiger partial charge in [-0.1, -0.05) is 0 Å². The quantitative estimate of drug-likeness (QED) is 0.843. The molecule has 1 heterocycles. The van der Waals surface area contributed by atoms with Crippen LogP contribution in [0.2, 0.25) is 0 Å². The molecule has 2 fully saturated rings. The summed E-state index contributed by atoms with van der Waals surface area (Å²) in [6, 6.07) is 3.37. The van der Waals surface area contributed by atoms with Crippen LogP contribution in [0.25, 0.3) is 0 Å². The summed E-state index contributed by atoms with van der Waals surface area (Å²) in [7, 11) is 1.36. The number of esters is 1. The van der Waals surface area contributed by atoms with Crippen molar-refractivity contribution in [3.63, 3.8) is 0 Å². The molecule has 1 saturated heterocycles. The fraction of sp³-hybridized carbons (Fsp3) is 0.588. The molecule has 24 heavy (non-hydrogen) atoms. The third kappa shape index (κ3) is 3.37. The number of piperazine rings is 1. The molecule has 5 nitrogen and oxygen atoms in total. The molecule has 0 aromatic heterocycles. The Balaban J connectivity index is 1.61. The van der Waals surface area contributed by atoms with Crippen molar-refractivity contribution in [3.8, 4) is 0 Å². The minimum absolute atomic E-state index is 0.0893. The number of hydrogen-bond donors (Lipinski definition) is 1. The Morgan fingerprint density at radius 1 is 1.21 bits per heavy atom. The smallest absolute Gasteiger partial charge is 0.308 e. The molecule has 3 rings (SSSR count). The van der Waals surface area contributed by atoms with E-state index in [-0.39, 0.29) is 23.6 Å². The number of hydrogen-bond acceptors (Lipinski definition) is 5. The molecule has 1 N–H and O–H groups in total. The van der Waals surface area contributed by atoms with E-state index in [1.165, 1.54) is 13.2 Å². The molecular formula is C17H22F2N2O3. The Bertz CT molecular complexity index is 605. The summed E-state index contributed by atoms with van der Waals surface area (Å²) < 4.78 is 32.0. The highest BCUT2D eigenvalue weighted by molar-refractivity contribution is 5.72. The highest BCUT2D eigenvalue weighted by Crippen LogP contribution is 2.32. The maximum atomic E-state index is 13.9. The van der Waals surface area contributed by atoms with Crippen LogP contribution in [0.1, 0.15) is 12.8 Å². The standard InChI is InChI=1S/C17H22F2N2O3/c1-24-17(23)11-8-15(16(22)9-11)21-6-4-20(5-7-21)14-10-12(18)2-3-13(14)19/h2-3,10-11,15-16,22H,4-9H2,1H3/t11-,15-,16+/m0/s1. The molecule has 1 aromatic rings. The Hall–Kier alpha value is -1.73. The fourth-order valence-electron chi connectivity index (χ4n) is 3.77. The number of ether oxygens (including phenoxy) is 1. The predicted molar refractivity (Wildman–Crippen MR) is 84.7 cm³/mol. The van der Waals surface area contributed by atoms with Gasteiger partial charge < -0.3 is 14.7 Å². The van der Waals surface area contributed by atoms with Crippen LogP contribution in [-0.2, 0) is 9.53 Å². The Morgan fingerprint density at radius 2 is 1.92 bits per heavy atom. The lowest BCUT2D eigenvalue weighted by Gasteiger charge is -2.40. The van der Waals surface area contributed by atoms with Crippen LogP contribution < -0.4 is 4.90 Å². The first-order chi connectivity index (χ1) is 11.5. The van der Waals surface area contributed by atoms with Gasteiger partial charge in [-0.15, -0.1) is 0 Å². The molecule has 3 atom stereocenters. The molecule has 2 aliphatic rings. The number of nitrogens with zero attached hydrogens (tertiary/aromatic N) is 2. The Kier molecular flexibility index (Phi) is 5.01. The van der Waals surface area contributed by atoms with Crippen LogP contribution >= 0.6 is 0 Å². The molecule has 0 spiro atoms. The van der Waals surface area contributed by atoms with E-state index in [0.717, 1.165) is 12.1 Å². The summed E-state index contributed by atoms with van der Waals surface area (Å²) in [5.74, 6) is -1.44. The average Bonchev–Trinajstić information content (AvgIpc) is 2.98. The average molecular weight is 340 g/mol. The summed E-state index contributed by atoms with van der Waals surface area (Å²) in [5, 5.41) is 10.2. The molecule has 1 aliphatic carbocycles. The largest absolute Gasteiger partial charge is 0.469 e. The number of rotatable bonds is 3. The second-order valence-electron chi connectivity index (χ2n) is 6.44. The zero-order valence-electron chi connectivity index (χ0n) is 13.6. The Labute approximate surface area is 139 Å². The lowest BCUT2D eigenvalue weighted by atomic mass is 10.1. The number of aliphatic hydroxyl groups is 1. The maximum absolute atomic E-state index is 13.9. The van der Waals surface area contributed by atoms with Crippen molar-refractivity contribution < 1.29 is 23.4 Å². The van der Waals surface area contributed by atoms with Gasteiger partial charge in [0, 0.05) is 38.3 Å². The van der Waals surface area contributed by atoms with Gasteiger partial charge in [0.15, 0.2) is 0 Å². The fourth-order valence-corrected chi connectivity index (χ4v) is 3.77. The van der Waals surface area contributed by atoms with Gasteiger partial charge in [0.2, 0.25) is 0 Å². The van der Waals surface area contributed by atoms with Crippen LogP contribution in [-0.4, -0.2) is 61.4 Å². The molecule has 0 radical (unpaired) electrons. The molecule has 7 heteroatoms. The molecular weight excluding hydrogens is 318 g/mol. The molecule has 1 aromatic carbocycles. The lowest BCUT2D eigenvalue weighted by Crippen LogP contribution is -2.52. The number of anilines is 1. The van der Waals surface area contributed by atoms with Gasteiger partial charge in [0.1, 0.15) is 11.6 Å². The molecule has 1 saturated carbocycles. The number of methoxy groups -OCH3 is 1. The monoisotopic (exact) mass is 340 g/mol. The van der Waals surface area contributed by atoms with Crippen molar-refractivity contribution in [1.82, 2.24) is 4.90 Å². The van der Waals surface area contributed by atoms with Crippen LogP contribution in [0.5, 0.6) is 0 Å². The molecule has 132 valence electrons. The number of aliphatic hydroxyl groups excluding tert-OH is 1. The number of carbonyl (C=O) groups excluding carboxylic acids is 1. The van der Waals surface area contributed by atoms with Gasteiger partial charge in [0.25, 0.3) is 0 Å². The van der Waals surface area contributed by atoms with E-state index >= 15 is 0 Å². The topological polar surface area (TPSA) is 53.0 Å². The van der Waals surface area contributed by atoms with Crippen LogP contribution in [0, 0.1) is 17.6 Å². The van der Waals surface area contributed by atoms with E-state index in [1.54, 1.807) is 0 Å². The minimum Gasteiger partial charge on any atom is -0.469 e. The van der Waals surface area contributed by atoms with E-state index in [2.05, 4.69) is 4.90 Å². The summed E-state index contributed by atoms with van der Waals surface area (Å²) in [5.41, 5.74) is 0.272. The van der Waals surface area contributed by atoms with E-state index in [0.29, 0.717) is 39.0 Å². The molecule has 0 bridgehead atoms. The number of benzene rings is 1. The lowest BCUT2D eigenvalue weighted by molar-refractivity contribution is -0.145. The first-order valence-electron chi connectivity index (χ1n) is 8.19. The minimum atomic E-state index is -0.563. The van der Waals surface area contributed by atoms with Crippen molar-refractivity contribution in [1.29, 1.82) is 0 Å². The van der Waals surface area contributed by atoms with Gasteiger partial charge in [-0.05, 0) is 25.0 Å². The van der Waals surface area contributed by atoms with Crippen molar-refractivity contribution in [2.45, 2.75) is 25.0 Å². The van der Waals surface area contributed by atoms with Crippen molar-refractivity contribution >= 4 is 11.7 Å². The zero-order chi connectivity index (χ0) is 17.3. The molecule has 0 amide bonds. The van der Waals surface area contributed by atoms with Crippen LogP contribution in [0.3, 0.4) is 0 Å². The van der Waals surface area contributed by atoms with Gasteiger partial charge in [0.05, 0.1) is 24.8 Å². The summed E-state index contributed by atoms with van der Waals surface area (Å²) in [6.07, 6.45) is 0.421. The van der Waals surface area contributed by atoms with Gasteiger partial charge in [-0.2, -0.15) is 0 Å². The van der Waals surface area contributed by atoms with Crippen LogP contribution in [0.15, 0.2) is 18.2 Å². The molecule has 0 unspecified atom stereocenters. The van der Waals surface area contributed by atoms with E-state index in [9.17, 15) is 18.7 Å². The van der Waals surface area contributed by atoms with E-state index in [1.807, 2.05) is 4.90 Å². The zero-order valence-corrected chi connectivity index (χ0v) is 13.6. The van der Waals surface area contributed by atoms with Crippen molar-refractivity contribution in [2.75, 3.05) is 38.2 Å². The predicted octanol–water partition coefficient (Wildman–Crippen LogP) is 1.40. The summed E-state index contributed by atoms with van der Waals surface area (Å²) in [6.45, 7) is 2.36. The number of carbonyl (C=O) groups is 1. The molecule has 1 aliphatic heterocycles. The van der Waals surface area contributed by atoms with Crippen LogP contribution in [0.4, 0.5) is 14.5 Å². The SMILES string of the molecule is COC(=O)[C@@H]1C[C@@H](O)[C@@H](N2CCN(c3cc(F)ccc3F)CC2)C1. The van der Waals surface area contributed by atoms with E-state index in [4.69, 9.17) is 4.74 Å². The third-order valence-electron chi connectivity index (χ3n) is 5.06.